The van der Waals surface area contributed by atoms with Gasteiger partial charge in [0, 0.05) is 0 Å². The third-order valence-electron chi connectivity index (χ3n) is 4.38. The van der Waals surface area contributed by atoms with Crippen molar-refractivity contribution in [1.29, 1.82) is 5.26 Å². The second-order valence-corrected chi connectivity index (χ2v) is 7.47. The Morgan fingerprint density at radius 2 is 1.80 bits per heavy atom. The lowest BCUT2D eigenvalue weighted by atomic mass is 10.0. The molecule has 0 aliphatic heterocycles. The zero-order valence-corrected chi connectivity index (χ0v) is 12.2. The van der Waals surface area contributed by atoms with Crippen molar-refractivity contribution in [3.05, 3.63) is 29.3 Å². The number of nitrogens with one attached hydrogen (secondary N) is 1. The third-order valence-corrected chi connectivity index (χ3v) is 5.92. The Bertz CT molecular complexity index is 668. The van der Waals surface area contributed by atoms with Gasteiger partial charge in [0.1, 0.15) is 5.54 Å². The second kappa shape index (κ2) is 4.87. The van der Waals surface area contributed by atoms with Crippen LogP contribution in [-0.4, -0.2) is 14.0 Å². The molecule has 0 unspecified atom stereocenters. The molecular formula is C15H18N2O2S. The third kappa shape index (κ3) is 2.34. The monoisotopic (exact) mass is 290 g/mol. The van der Waals surface area contributed by atoms with E-state index in [-0.39, 0.29) is 0 Å². The van der Waals surface area contributed by atoms with Crippen LogP contribution in [0.3, 0.4) is 0 Å². The number of hydrogen-bond acceptors (Lipinski definition) is 3. The molecule has 1 aromatic rings. The lowest BCUT2D eigenvalue weighted by Crippen LogP contribution is -2.44. The number of hydrogen-bond donors (Lipinski definition) is 1. The van der Waals surface area contributed by atoms with Crippen molar-refractivity contribution in [1.82, 2.24) is 4.72 Å². The molecule has 1 saturated carbocycles. The summed E-state index contributed by atoms with van der Waals surface area (Å²) in [5.74, 6) is 0. The predicted octanol–water partition coefficient (Wildman–Crippen LogP) is 2.29. The molecule has 0 radical (unpaired) electrons. The topological polar surface area (TPSA) is 70.0 Å². The van der Waals surface area contributed by atoms with Crippen molar-refractivity contribution < 1.29 is 8.42 Å². The van der Waals surface area contributed by atoms with Crippen LogP contribution in [0.1, 0.15) is 43.2 Å². The molecule has 0 saturated heterocycles. The van der Waals surface area contributed by atoms with E-state index in [1.165, 1.54) is 5.56 Å². The van der Waals surface area contributed by atoms with E-state index >= 15 is 0 Å². The maximum Gasteiger partial charge on any atom is 0.241 e. The minimum absolute atomic E-state index is 0.291. The average Bonchev–Trinajstić information content (AvgIpc) is 3.06. The molecule has 0 aromatic heterocycles. The van der Waals surface area contributed by atoms with Crippen molar-refractivity contribution in [2.75, 3.05) is 0 Å². The van der Waals surface area contributed by atoms with Crippen molar-refractivity contribution in [3.8, 4) is 6.07 Å². The molecule has 106 valence electrons. The maximum absolute atomic E-state index is 12.5. The number of benzene rings is 1. The Hall–Kier alpha value is -1.38. The van der Waals surface area contributed by atoms with Crippen LogP contribution in [0.5, 0.6) is 0 Å². The molecule has 20 heavy (non-hydrogen) atoms. The van der Waals surface area contributed by atoms with Gasteiger partial charge in [-0.3, -0.25) is 0 Å². The zero-order valence-electron chi connectivity index (χ0n) is 11.4. The van der Waals surface area contributed by atoms with Crippen molar-refractivity contribution in [3.63, 3.8) is 0 Å². The highest BCUT2D eigenvalue weighted by Crippen LogP contribution is 2.31. The predicted molar refractivity (Wildman–Crippen MR) is 75.6 cm³/mol. The van der Waals surface area contributed by atoms with Crippen LogP contribution < -0.4 is 4.72 Å². The van der Waals surface area contributed by atoms with Crippen molar-refractivity contribution in [2.45, 2.75) is 55.4 Å². The largest absolute Gasteiger partial charge is 0.241 e. The van der Waals surface area contributed by atoms with E-state index in [1.54, 1.807) is 12.1 Å². The Morgan fingerprint density at radius 3 is 2.50 bits per heavy atom. The van der Waals surface area contributed by atoms with Crippen molar-refractivity contribution in [2.24, 2.45) is 0 Å². The van der Waals surface area contributed by atoms with Crippen LogP contribution in [-0.2, 0) is 22.9 Å². The van der Waals surface area contributed by atoms with Crippen LogP contribution in [0.4, 0.5) is 0 Å². The van der Waals surface area contributed by atoms with Gasteiger partial charge in [0.05, 0.1) is 11.0 Å². The SMILES string of the molecule is N#CC1(NS(=O)(=O)c2ccc3c(c2)CCC3)CCCC1. The molecule has 0 amide bonds. The van der Waals surface area contributed by atoms with Gasteiger partial charge in [-0.2, -0.15) is 9.98 Å². The van der Waals surface area contributed by atoms with Crippen LogP contribution >= 0.6 is 0 Å². The number of rotatable bonds is 3. The summed E-state index contributed by atoms with van der Waals surface area (Å²) in [6.45, 7) is 0. The van der Waals surface area contributed by atoms with Gasteiger partial charge in [-0.25, -0.2) is 8.42 Å². The fourth-order valence-corrected chi connectivity index (χ4v) is 4.67. The quantitative estimate of drug-likeness (QED) is 0.928. The van der Waals surface area contributed by atoms with Crippen molar-refractivity contribution >= 4 is 10.0 Å². The Labute approximate surface area is 119 Å². The first-order chi connectivity index (χ1) is 9.55. The van der Waals surface area contributed by atoms with Crippen LogP contribution in [0.2, 0.25) is 0 Å². The minimum atomic E-state index is -3.61. The van der Waals surface area contributed by atoms with Gasteiger partial charge in [-0.15, -0.1) is 0 Å². The number of nitrogens with zero attached hydrogens (tertiary/aromatic N) is 1. The van der Waals surface area contributed by atoms with E-state index in [4.69, 9.17) is 0 Å². The summed E-state index contributed by atoms with van der Waals surface area (Å²) < 4.78 is 27.6. The van der Waals surface area contributed by atoms with E-state index in [1.807, 2.05) is 6.07 Å². The standard InChI is InChI=1S/C15H18N2O2S/c16-11-15(8-1-2-9-15)17-20(18,19)14-7-6-12-4-3-5-13(12)10-14/h6-7,10,17H,1-5,8-9H2. The smallest absolute Gasteiger partial charge is 0.207 e. The second-order valence-electron chi connectivity index (χ2n) is 5.79. The summed E-state index contributed by atoms with van der Waals surface area (Å²) in [6, 6.07) is 7.50. The molecule has 3 rings (SSSR count). The molecule has 0 spiro atoms. The first kappa shape index (κ1) is 13.6. The molecular weight excluding hydrogens is 272 g/mol. The molecule has 0 heterocycles. The molecule has 1 N–H and O–H groups in total. The lowest BCUT2D eigenvalue weighted by molar-refractivity contribution is 0.485. The fourth-order valence-electron chi connectivity index (χ4n) is 3.25. The van der Waals surface area contributed by atoms with Crippen LogP contribution in [0, 0.1) is 11.3 Å². The van der Waals surface area contributed by atoms with Crippen LogP contribution in [0.15, 0.2) is 23.1 Å². The first-order valence-electron chi connectivity index (χ1n) is 7.12. The van der Waals surface area contributed by atoms with Gasteiger partial charge in [-0.1, -0.05) is 18.9 Å². The fraction of sp³-hybridized carbons (Fsp3) is 0.533. The number of sulfonamides is 1. The maximum atomic E-state index is 12.5. The summed E-state index contributed by atoms with van der Waals surface area (Å²) in [4.78, 5) is 0.291. The summed E-state index contributed by atoms with van der Waals surface area (Å²) in [5, 5.41) is 9.30. The van der Waals surface area contributed by atoms with Gasteiger partial charge in [0.15, 0.2) is 0 Å². The van der Waals surface area contributed by atoms with E-state index in [9.17, 15) is 13.7 Å². The lowest BCUT2D eigenvalue weighted by Gasteiger charge is -2.22. The van der Waals surface area contributed by atoms with Gasteiger partial charge >= 0.3 is 0 Å². The summed E-state index contributed by atoms with van der Waals surface area (Å²) in [7, 11) is -3.61. The Kier molecular flexibility index (Phi) is 3.31. The van der Waals surface area contributed by atoms with Gasteiger partial charge in [0.25, 0.3) is 0 Å². The number of nitriles is 1. The molecule has 0 atom stereocenters. The molecule has 1 aromatic carbocycles. The minimum Gasteiger partial charge on any atom is -0.207 e. The Balaban J connectivity index is 1.90. The highest BCUT2D eigenvalue weighted by Gasteiger charge is 2.38. The molecule has 4 nitrogen and oxygen atoms in total. The summed E-state index contributed by atoms with van der Waals surface area (Å²) in [5.41, 5.74) is 1.47. The molecule has 5 heteroatoms. The van der Waals surface area contributed by atoms with Gasteiger partial charge in [-0.05, 0) is 55.4 Å². The first-order valence-corrected chi connectivity index (χ1v) is 8.60. The van der Waals surface area contributed by atoms with E-state index < -0.39 is 15.6 Å². The van der Waals surface area contributed by atoms with Gasteiger partial charge in [0.2, 0.25) is 10.0 Å². The molecule has 2 aliphatic rings. The highest BCUT2D eigenvalue weighted by atomic mass is 32.2. The average molecular weight is 290 g/mol. The number of aryl methyl sites for hydroxylation is 2. The molecule has 2 aliphatic carbocycles. The molecule has 1 fully saturated rings. The van der Waals surface area contributed by atoms with E-state index in [2.05, 4.69) is 10.8 Å². The summed E-state index contributed by atoms with van der Waals surface area (Å²) >= 11 is 0. The number of fused-ring (bicyclic) bond motifs is 1. The highest BCUT2D eigenvalue weighted by molar-refractivity contribution is 7.89. The summed E-state index contributed by atoms with van der Waals surface area (Å²) in [6.07, 6.45) is 6.09. The normalized spacial score (nSPS) is 20.6. The zero-order chi connectivity index (χ0) is 14.2. The van der Waals surface area contributed by atoms with Gasteiger partial charge < -0.3 is 0 Å². The van der Waals surface area contributed by atoms with E-state index in [0.29, 0.717) is 17.7 Å². The van der Waals surface area contributed by atoms with Crippen LogP contribution in [0.25, 0.3) is 0 Å². The van der Waals surface area contributed by atoms with E-state index in [0.717, 1.165) is 37.7 Å². The molecule has 0 bridgehead atoms. The Morgan fingerprint density at radius 1 is 1.10 bits per heavy atom.